The molecular formula is C16H21N5O. The summed E-state index contributed by atoms with van der Waals surface area (Å²) < 4.78 is 1.89. The lowest BCUT2D eigenvalue weighted by atomic mass is 10.2. The zero-order chi connectivity index (χ0) is 16.1. The first kappa shape index (κ1) is 15.9. The summed E-state index contributed by atoms with van der Waals surface area (Å²) in [7, 11) is 3.80. The fraction of sp³-hybridized carbons (Fsp3) is 0.375. The number of anilines is 2. The van der Waals surface area contributed by atoms with Gasteiger partial charge in [0.25, 0.3) is 0 Å². The number of aliphatic hydroxyl groups excluding tert-OH is 1. The van der Waals surface area contributed by atoms with E-state index in [4.69, 9.17) is 10.4 Å². The van der Waals surface area contributed by atoms with E-state index in [9.17, 15) is 0 Å². The number of hydrogen-bond acceptors (Lipinski definition) is 5. The van der Waals surface area contributed by atoms with E-state index in [-0.39, 0.29) is 6.61 Å². The van der Waals surface area contributed by atoms with Crippen LogP contribution in [0.3, 0.4) is 0 Å². The molecule has 0 aromatic carbocycles. The summed E-state index contributed by atoms with van der Waals surface area (Å²) >= 11 is 0. The number of rotatable bonds is 6. The Morgan fingerprint density at radius 2 is 2.23 bits per heavy atom. The Morgan fingerprint density at radius 1 is 1.45 bits per heavy atom. The van der Waals surface area contributed by atoms with Crippen molar-refractivity contribution in [2.24, 2.45) is 7.05 Å². The van der Waals surface area contributed by atoms with Crippen LogP contribution in [0.2, 0.25) is 0 Å². The molecule has 0 aliphatic rings. The minimum atomic E-state index is 0.116. The van der Waals surface area contributed by atoms with Crippen LogP contribution in [0.15, 0.2) is 24.4 Å². The van der Waals surface area contributed by atoms with Crippen molar-refractivity contribution >= 4 is 11.5 Å². The fourth-order valence-corrected chi connectivity index (χ4v) is 2.23. The molecule has 0 fully saturated rings. The van der Waals surface area contributed by atoms with Crippen LogP contribution in [0.1, 0.15) is 17.0 Å². The normalized spacial score (nSPS) is 10.3. The highest BCUT2D eigenvalue weighted by Crippen LogP contribution is 2.17. The van der Waals surface area contributed by atoms with E-state index in [2.05, 4.69) is 16.4 Å². The van der Waals surface area contributed by atoms with E-state index in [0.29, 0.717) is 18.8 Å². The molecule has 0 atom stereocenters. The maximum atomic E-state index is 9.04. The fourth-order valence-electron chi connectivity index (χ4n) is 2.23. The van der Waals surface area contributed by atoms with Gasteiger partial charge in [0.05, 0.1) is 18.5 Å². The Kier molecular flexibility index (Phi) is 5.02. The van der Waals surface area contributed by atoms with Gasteiger partial charge in [-0.1, -0.05) is 0 Å². The summed E-state index contributed by atoms with van der Waals surface area (Å²) in [6.45, 7) is 3.32. The average molecular weight is 299 g/mol. The molecule has 22 heavy (non-hydrogen) atoms. The lowest BCUT2D eigenvalue weighted by molar-refractivity contribution is 0.304. The Hall–Kier alpha value is -2.52. The van der Waals surface area contributed by atoms with Gasteiger partial charge in [-0.25, -0.2) is 4.98 Å². The summed E-state index contributed by atoms with van der Waals surface area (Å²) in [6.07, 6.45) is 1.77. The Labute approximate surface area is 130 Å². The topological polar surface area (TPSA) is 77.1 Å². The molecule has 0 bridgehead atoms. The van der Waals surface area contributed by atoms with Gasteiger partial charge < -0.3 is 19.9 Å². The smallest absolute Gasteiger partial charge is 0.126 e. The van der Waals surface area contributed by atoms with Crippen molar-refractivity contribution < 1.29 is 5.11 Å². The first-order valence-corrected chi connectivity index (χ1v) is 7.14. The highest BCUT2D eigenvalue weighted by atomic mass is 16.3. The average Bonchev–Trinajstić information content (AvgIpc) is 2.81. The van der Waals surface area contributed by atoms with Crippen LogP contribution in [-0.2, 0) is 13.6 Å². The Balaban J connectivity index is 2.02. The van der Waals surface area contributed by atoms with Crippen LogP contribution in [0, 0.1) is 18.3 Å². The van der Waals surface area contributed by atoms with Gasteiger partial charge in [0, 0.05) is 32.9 Å². The second-order valence-electron chi connectivity index (χ2n) is 5.21. The SMILES string of the molecule is Cc1c(CNc2ccc(N(C)CCO)cn2)cc(C#N)n1C. The van der Waals surface area contributed by atoms with Crippen molar-refractivity contribution in [3.05, 3.63) is 41.3 Å². The van der Waals surface area contributed by atoms with Gasteiger partial charge in [-0.05, 0) is 30.7 Å². The zero-order valence-electron chi connectivity index (χ0n) is 13.2. The van der Waals surface area contributed by atoms with Gasteiger partial charge in [0.15, 0.2) is 0 Å². The maximum Gasteiger partial charge on any atom is 0.126 e. The number of likely N-dealkylation sites (N-methyl/N-ethyl adjacent to an activating group) is 1. The Bertz CT molecular complexity index is 669. The van der Waals surface area contributed by atoms with Crippen molar-refractivity contribution in [2.75, 3.05) is 30.4 Å². The van der Waals surface area contributed by atoms with Gasteiger partial charge in [0.2, 0.25) is 0 Å². The molecule has 0 radical (unpaired) electrons. The van der Waals surface area contributed by atoms with Crippen LogP contribution in [0.5, 0.6) is 0 Å². The monoisotopic (exact) mass is 299 g/mol. The van der Waals surface area contributed by atoms with Crippen molar-refractivity contribution in [1.29, 1.82) is 5.26 Å². The third kappa shape index (κ3) is 3.38. The van der Waals surface area contributed by atoms with Crippen molar-refractivity contribution in [1.82, 2.24) is 9.55 Å². The van der Waals surface area contributed by atoms with E-state index < -0.39 is 0 Å². The van der Waals surface area contributed by atoms with Crippen LogP contribution in [0.25, 0.3) is 0 Å². The van der Waals surface area contributed by atoms with Crippen molar-refractivity contribution in [3.8, 4) is 6.07 Å². The number of nitriles is 1. The van der Waals surface area contributed by atoms with Gasteiger partial charge in [-0.3, -0.25) is 0 Å². The van der Waals surface area contributed by atoms with Crippen molar-refractivity contribution in [3.63, 3.8) is 0 Å². The first-order chi connectivity index (χ1) is 10.6. The minimum absolute atomic E-state index is 0.116. The highest BCUT2D eigenvalue weighted by molar-refractivity contribution is 5.49. The summed E-state index contributed by atoms with van der Waals surface area (Å²) in [6, 6.07) is 7.95. The quantitative estimate of drug-likeness (QED) is 0.848. The molecule has 0 unspecified atom stereocenters. The minimum Gasteiger partial charge on any atom is -0.395 e. The lowest BCUT2D eigenvalue weighted by Gasteiger charge is -2.17. The van der Waals surface area contributed by atoms with Gasteiger partial charge >= 0.3 is 0 Å². The van der Waals surface area contributed by atoms with Crippen LogP contribution in [0.4, 0.5) is 11.5 Å². The molecule has 2 heterocycles. The largest absolute Gasteiger partial charge is 0.395 e. The molecule has 6 nitrogen and oxygen atoms in total. The molecular weight excluding hydrogens is 278 g/mol. The highest BCUT2D eigenvalue weighted by Gasteiger charge is 2.08. The molecule has 2 aromatic rings. The second kappa shape index (κ2) is 6.96. The number of nitrogens with zero attached hydrogens (tertiary/aromatic N) is 4. The summed E-state index contributed by atoms with van der Waals surface area (Å²) in [5, 5.41) is 21.2. The second-order valence-corrected chi connectivity index (χ2v) is 5.21. The molecule has 0 spiro atoms. The van der Waals surface area contributed by atoms with Gasteiger partial charge in [-0.2, -0.15) is 5.26 Å². The standard InChI is InChI=1S/C16H21N5O/c1-12-13(8-15(9-17)21(12)3)10-18-16-5-4-14(11-19-16)20(2)6-7-22/h4-5,8,11,22H,6-7,10H2,1-3H3,(H,18,19). The molecule has 0 aliphatic carbocycles. The molecule has 0 saturated carbocycles. The maximum absolute atomic E-state index is 9.04. The molecule has 0 amide bonds. The molecule has 116 valence electrons. The predicted octanol–water partition coefficient (Wildman–Crippen LogP) is 1.64. The van der Waals surface area contributed by atoms with E-state index in [1.807, 2.05) is 48.7 Å². The number of aromatic nitrogens is 2. The number of pyridine rings is 1. The van der Waals surface area contributed by atoms with E-state index >= 15 is 0 Å². The van der Waals surface area contributed by atoms with Gasteiger partial charge in [0.1, 0.15) is 17.6 Å². The number of hydrogen-bond donors (Lipinski definition) is 2. The predicted molar refractivity (Wildman–Crippen MR) is 86.8 cm³/mol. The summed E-state index contributed by atoms with van der Waals surface area (Å²) in [5.41, 5.74) is 3.77. The van der Waals surface area contributed by atoms with Crippen molar-refractivity contribution in [2.45, 2.75) is 13.5 Å². The summed E-state index contributed by atoms with van der Waals surface area (Å²) in [4.78, 5) is 6.31. The van der Waals surface area contributed by atoms with E-state index in [0.717, 1.165) is 22.8 Å². The lowest BCUT2D eigenvalue weighted by Crippen LogP contribution is -2.21. The third-order valence-corrected chi connectivity index (χ3v) is 3.84. The Morgan fingerprint density at radius 3 is 2.77 bits per heavy atom. The summed E-state index contributed by atoms with van der Waals surface area (Å²) in [5.74, 6) is 0.780. The molecule has 2 N–H and O–H groups in total. The molecule has 0 aliphatic heterocycles. The zero-order valence-corrected chi connectivity index (χ0v) is 13.2. The first-order valence-electron chi connectivity index (χ1n) is 7.14. The molecule has 2 rings (SSSR count). The van der Waals surface area contributed by atoms with Crippen LogP contribution >= 0.6 is 0 Å². The number of aliphatic hydroxyl groups is 1. The van der Waals surface area contributed by atoms with Gasteiger partial charge in [-0.15, -0.1) is 0 Å². The molecule has 2 aromatic heterocycles. The molecule has 0 saturated heterocycles. The third-order valence-electron chi connectivity index (χ3n) is 3.84. The number of nitrogens with one attached hydrogen (secondary N) is 1. The van der Waals surface area contributed by atoms with Crippen LogP contribution in [-0.4, -0.2) is 34.9 Å². The van der Waals surface area contributed by atoms with E-state index in [1.165, 1.54) is 0 Å². The molecule has 6 heteroatoms. The van der Waals surface area contributed by atoms with E-state index in [1.54, 1.807) is 6.20 Å². The van der Waals surface area contributed by atoms with Crippen LogP contribution < -0.4 is 10.2 Å².